The van der Waals surface area contributed by atoms with Crippen molar-refractivity contribution in [3.05, 3.63) is 41.7 Å². The lowest BCUT2D eigenvalue weighted by molar-refractivity contribution is -0.138. The third-order valence-corrected chi connectivity index (χ3v) is 3.55. The van der Waals surface area contributed by atoms with Crippen LogP contribution in [0.3, 0.4) is 0 Å². The van der Waals surface area contributed by atoms with E-state index in [4.69, 9.17) is 21.1 Å². The minimum atomic E-state index is -4.67. The lowest BCUT2D eigenvalue weighted by atomic mass is 10.2. The number of nitrogens with one attached hydrogen (secondary N) is 2. The largest absolute Gasteiger partial charge is 0.494 e. The summed E-state index contributed by atoms with van der Waals surface area (Å²) in [5.74, 6) is -0.127. The Hall–Kier alpha value is -3.01. The lowest BCUT2D eigenvalue weighted by Crippen LogP contribution is -2.11. The number of ether oxygens (including phenoxy) is 2. The third-order valence-electron chi connectivity index (χ3n) is 3.26. The molecule has 2 aromatic rings. The van der Waals surface area contributed by atoms with Crippen molar-refractivity contribution >= 4 is 34.8 Å². The van der Waals surface area contributed by atoms with E-state index >= 15 is 0 Å². The summed E-state index contributed by atoms with van der Waals surface area (Å²) in [6.45, 7) is 3.35. The monoisotopic (exact) mass is 402 g/mol. The number of carbonyl (C=O) groups is 1. The molecule has 7 nitrogen and oxygen atoms in total. The van der Waals surface area contributed by atoms with Crippen LogP contribution in [-0.2, 0) is 11.0 Å². The molecule has 0 fully saturated rings. The molecule has 0 saturated heterocycles. The van der Waals surface area contributed by atoms with Crippen molar-refractivity contribution in [2.24, 2.45) is 0 Å². The molecule has 2 N–H and O–H groups in total. The maximum atomic E-state index is 12.8. The van der Waals surface area contributed by atoms with Gasteiger partial charge in [-0.15, -0.1) is 0 Å². The van der Waals surface area contributed by atoms with Crippen LogP contribution in [0.25, 0.3) is 0 Å². The standard InChI is InChI=1S/C16H14ClF3N4O3/c1-4-13(25)22-9-5-10(12(27-3)6-11(9)26-2)23-15-21-7-8(14(17)24-15)16(18,19)20/h4-7H,1H2,2-3H3,(H,22,25)(H,21,23,24). The topological polar surface area (TPSA) is 85.4 Å². The van der Waals surface area contributed by atoms with Crippen molar-refractivity contribution in [1.82, 2.24) is 9.97 Å². The van der Waals surface area contributed by atoms with Gasteiger partial charge >= 0.3 is 6.18 Å². The Labute approximate surface area is 157 Å². The van der Waals surface area contributed by atoms with Crippen molar-refractivity contribution in [3.8, 4) is 11.5 Å². The highest BCUT2D eigenvalue weighted by Crippen LogP contribution is 2.38. The molecule has 0 unspecified atom stereocenters. The molecule has 0 aliphatic carbocycles. The Bertz CT molecular complexity index is 875. The second-order valence-corrected chi connectivity index (χ2v) is 5.33. The third kappa shape index (κ3) is 4.79. The molecule has 1 aromatic heterocycles. The quantitative estimate of drug-likeness (QED) is 0.560. The minimum absolute atomic E-state index is 0.197. The highest BCUT2D eigenvalue weighted by atomic mass is 35.5. The van der Waals surface area contributed by atoms with E-state index in [-0.39, 0.29) is 23.1 Å². The van der Waals surface area contributed by atoms with Crippen LogP contribution < -0.4 is 20.1 Å². The fourth-order valence-corrected chi connectivity index (χ4v) is 2.25. The summed E-state index contributed by atoms with van der Waals surface area (Å²) in [6, 6.07) is 2.90. The van der Waals surface area contributed by atoms with Gasteiger partial charge in [0, 0.05) is 12.3 Å². The maximum Gasteiger partial charge on any atom is 0.420 e. The summed E-state index contributed by atoms with van der Waals surface area (Å²) in [4.78, 5) is 18.8. The van der Waals surface area contributed by atoms with Crippen LogP contribution in [0.15, 0.2) is 31.0 Å². The lowest BCUT2D eigenvalue weighted by Gasteiger charge is -2.16. The van der Waals surface area contributed by atoms with Crippen LogP contribution in [0.5, 0.6) is 11.5 Å². The highest BCUT2D eigenvalue weighted by molar-refractivity contribution is 6.30. The van der Waals surface area contributed by atoms with E-state index in [1.54, 1.807) is 0 Å². The molecule has 0 radical (unpaired) electrons. The second-order valence-electron chi connectivity index (χ2n) is 4.97. The number of methoxy groups -OCH3 is 2. The molecular formula is C16H14ClF3N4O3. The Kier molecular flexibility index (Phi) is 6.11. The molecule has 1 aromatic carbocycles. The summed E-state index contributed by atoms with van der Waals surface area (Å²) < 4.78 is 48.6. The van der Waals surface area contributed by atoms with Gasteiger partial charge in [0.05, 0.1) is 25.6 Å². The number of carbonyl (C=O) groups excluding carboxylic acids is 1. The van der Waals surface area contributed by atoms with Gasteiger partial charge in [0.2, 0.25) is 11.9 Å². The van der Waals surface area contributed by atoms with Gasteiger partial charge in [-0.2, -0.15) is 13.2 Å². The number of benzene rings is 1. The summed E-state index contributed by atoms with van der Waals surface area (Å²) >= 11 is 5.59. The molecule has 1 amide bonds. The summed E-state index contributed by atoms with van der Waals surface area (Å²) in [5, 5.41) is 4.47. The number of amides is 1. The second kappa shape index (κ2) is 8.12. The summed E-state index contributed by atoms with van der Waals surface area (Å²) in [6.07, 6.45) is -3.04. The van der Waals surface area contributed by atoms with E-state index in [2.05, 4.69) is 27.2 Å². The fraction of sp³-hybridized carbons (Fsp3) is 0.188. The first kappa shape index (κ1) is 20.3. The Balaban J connectivity index is 2.42. The van der Waals surface area contributed by atoms with E-state index in [0.717, 1.165) is 6.08 Å². The predicted molar refractivity (Wildman–Crippen MR) is 93.7 cm³/mol. The van der Waals surface area contributed by atoms with Crippen LogP contribution >= 0.6 is 11.6 Å². The summed E-state index contributed by atoms with van der Waals surface area (Å²) in [7, 11) is 2.77. The highest BCUT2D eigenvalue weighted by Gasteiger charge is 2.34. The summed E-state index contributed by atoms with van der Waals surface area (Å²) in [5.41, 5.74) is -0.632. The SMILES string of the molecule is C=CC(=O)Nc1cc(Nc2ncc(C(F)(F)F)c(Cl)n2)c(OC)cc1OC. The average molecular weight is 403 g/mol. The van der Waals surface area contributed by atoms with Crippen LogP contribution in [0.4, 0.5) is 30.5 Å². The smallest absolute Gasteiger partial charge is 0.420 e. The van der Waals surface area contributed by atoms with Gasteiger partial charge in [-0.3, -0.25) is 4.79 Å². The van der Waals surface area contributed by atoms with Gasteiger partial charge in [-0.05, 0) is 12.1 Å². The number of anilines is 3. The molecule has 0 aliphatic heterocycles. The Morgan fingerprint density at radius 2 is 1.85 bits per heavy atom. The number of halogens is 4. The molecule has 0 saturated carbocycles. The number of aromatic nitrogens is 2. The molecule has 1 heterocycles. The molecule has 2 rings (SSSR count). The zero-order valence-electron chi connectivity index (χ0n) is 14.1. The molecule has 0 aliphatic rings. The number of nitrogens with zero attached hydrogens (tertiary/aromatic N) is 2. The zero-order chi connectivity index (χ0) is 20.2. The molecule has 0 atom stereocenters. The van der Waals surface area contributed by atoms with Gasteiger partial charge in [-0.1, -0.05) is 18.2 Å². The number of hydrogen-bond acceptors (Lipinski definition) is 6. The first-order chi connectivity index (χ1) is 12.7. The van der Waals surface area contributed by atoms with Crippen molar-refractivity contribution in [1.29, 1.82) is 0 Å². The van der Waals surface area contributed by atoms with Crippen LogP contribution in [0, 0.1) is 0 Å². The fourth-order valence-electron chi connectivity index (χ4n) is 2.01. The van der Waals surface area contributed by atoms with Crippen molar-refractivity contribution in [3.63, 3.8) is 0 Å². The van der Waals surface area contributed by atoms with Gasteiger partial charge in [0.1, 0.15) is 22.2 Å². The Morgan fingerprint density at radius 1 is 1.22 bits per heavy atom. The molecular weight excluding hydrogens is 389 g/mol. The normalized spacial score (nSPS) is 10.9. The van der Waals surface area contributed by atoms with Gasteiger partial charge in [0.15, 0.2) is 0 Å². The van der Waals surface area contributed by atoms with E-state index in [1.807, 2.05) is 0 Å². The van der Waals surface area contributed by atoms with E-state index in [1.165, 1.54) is 26.4 Å². The minimum Gasteiger partial charge on any atom is -0.494 e. The van der Waals surface area contributed by atoms with Crippen molar-refractivity contribution < 1.29 is 27.4 Å². The van der Waals surface area contributed by atoms with Crippen molar-refractivity contribution in [2.75, 3.05) is 24.9 Å². The van der Waals surface area contributed by atoms with E-state index in [0.29, 0.717) is 11.9 Å². The van der Waals surface area contributed by atoms with Crippen molar-refractivity contribution in [2.45, 2.75) is 6.18 Å². The molecule has 144 valence electrons. The number of rotatable bonds is 6. The van der Waals surface area contributed by atoms with Crippen LogP contribution in [0.2, 0.25) is 5.15 Å². The van der Waals surface area contributed by atoms with Crippen LogP contribution in [0.1, 0.15) is 5.56 Å². The molecule has 0 spiro atoms. The number of hydrogen-bond donors (Lipinski definition) is 2. The van der Waals surface area contributed by atoms with Gasteiger partial charge in [0.25, 0.3) is 0 Å². The van der Waals surface area contributed by atoms with E-state index in [9.17, 15) is 18.0 Å². The van der Waals surface area contributed by atoms with E-state index < -0.39 is 22.8 Å². The molecule has 27 heavy (non-hydrogen) atoms. The van der Waals surface area contributed by atoms with Gasteiger partial charge < -0.3 is 20.1 Å². The molecule has 0 bridgehead atoms. The zero-order valence-corrected chi connectivity index (χ0v) is 14.9. The Morgan fingerprint density at radius 3 is 2.37 bits per heavy atom. The first-order valence-corrected chi connectivity index (χ1v) is 7.63. The average Bonchev–Trinajstić information content (AvgIpc) is 2.60. The first-order valence-electron chi connectivity index (χ1n) is 7.25. The molecule has 11 heteroatoms. The maximum absolute atomic E-state index is 12.8. The number of alkyl halides is 3. The van der Waals surface area contributed by atoms with Crippen LogP contribution in [-0.4, -0.2) is 30.1 Å². The predicted octanol–water partition coefficient (Wildman–Crippen LogP) is 4.03. The van der Waals surface area contributed by atoms with Gasteiger partial charge in [-0.25, -0.2) is 9.97 Å².